The first-order valence-corrected chi connectivity index (χ1v) is 6.23. The number of carbonyl (C=O) groups is 1. The van der Waals surface area contributed by atoms with Gasteiger partial charge < -0.3 is 15.8 Å². The van der Waals surface area contributed by atoms with Crippen LogP contribution >= 0.6 is 0 Å². The highest BCUT2D eigenvalue weighted by Gasteiger charge is 2.30. The molecule has 0 radical (unpaired) electrons. The summed E-state index contributed by atoms with van der Waals surface area (Å²) >= 11 is 0. The first kappa shape index (κ1) is 13.5. The van der Waals surface area contributed by atoms with E-state index in [-0.39, 0.29) is 12.5 Å². The van der Waals surface area contributed by atoms with Gasteiger partial charge in [0.2, 0.25) is 0 Å². The standard InChI is InChI=1S/C14H19N3O2/c1-8-16-10-5-4-9(6-11(10)17-8)13(15)14(2,3)7-12(18)19/h4-6,13H,7,15H2,1-3H3,(H,16,17)(H,18,19). The summed E-state index contributed by atoms with van der Waals surface area (Å²) in [4.78, 5) is 18.4. The van der Waals surface area contributed by atoms with Gasteiger partial charge in [-0.15, -0.1) is 0 Å². The molecule has 5 heteroatoms. The van der Waals surface area contributed by atoms with Crippen LogP contribution in [0.5, 0.6) is 0 Å². The van der Waals surface area contributed by atoms with E-state index in [2.05, 4.69) is 9.97 Å². The molecule has 0 amide bonds. The van der Waals surface area contributed by atoms with Gasteiger partial charge in [-0.1, -0.05) is 19.9 Å². The number of aliphatic carboxylic acids is 1. The predicted molar refractivity (Wildman–Crippen MR) is 73.8 cm³/mol. The summed E-state index contributed by atoms with van der Waals surface area (Å²) < 4.78 is 0. The number of rotatable bonds is 4. The molecule has 0 saturated carbocycles. The molecule has 1 heterocycles. The van der Waals surface area contributed by atoms with Crippen LogP contribution in [-0.2, 0) is 4.79 Å². The van der Waals surface area contributed by atoms with E-state index >= 15 is 0 Å². The topological polar surface area (TPSA) is 92.0 Å². The average molecular weight is 261 g/mol. The molecule has 1 unspecified atom stereocenters. The number of carboxylic acid groups (broad SMARTS) is 1. The van der Waals surface area contributed by atoms with E-state index in [1.807, 2.05) is 39.0 Å². The summed E-state index contributed by atoms with van der Waals surface area (Å²) in [7, 11) is 0. The third kappa shape index (κ3) is 2.76. The molecule has 0 aliphatic rings. The number of aromatic amines is 1. The number of aryl methyl sites for hydroxylation is 1. The number of hydrogen-bond donors (Lipinski definition) is 3. The molecule has 0 aliphatic heterocycles. The Kier molecular flexibility index (Phi) is 3.32. The van der Waals surface area contributed by atoms with E-state index in [9.17, 15) is 4.79 Å². The first-order valence-electron chi connectivity index (χ1n) is 6.23. The van der Waals surface area contributed by atoms with Gasteiger partial charge in [0.05, 0.1) is 17.5 Å². The molecule has 1 aromatic heterocycles. The zero-order valence-corrected chi connectivity index (χ0v) is 11.4. The number of carboxylic acids is 1. The minimum Gasteiger partial charge on any atom is -0.481 e. The largest absolute Gasteiger partial charge is 0.481 e. The van der Waals surface area contributed by atoms with E-state index in [1.54, 1.807) is 0 Å². The van der Waals surface area contributed by atoms with E-state index < -0.39 is 11.4 Å². The molecule has 0 saturated heterocycles. The molecule has 4 N–H and O–H groups in total. The number of benzene rings is 1. The van der Waals surface area contributed by atoms with Crippen LogP contribution in [0.4, 0.5) is 0 Å². The lowest BCUT2D eigenvalue weighted by Gasteiger charge is -2.30. The van der Waals surface area contributed by atoms with Crippen molar-refractivity contribution >= 4 is 17.0 Å². The Hall–Kier alpha value is -1.88. The van der Waals surface area contributed by atoms with Crippen molar-refractivity contribution in [3.63, 3.8) is 0 Å². The number of nitrogens with two attached hydrogens (primary N) is 1. The molecule has 2 rings (SSSR count). The van der Waals surface area contributed by atoms with Crippen molar-refractivity contribution in [3.8, 4) is 0 Å². The number of H-pyrrole nitrogens is 1. The molecule has 5 nitrogen and oxygen atoms in total. The molecule has 0 bridgehead atoms. The summed E-state index contributed by atoms with van der Waals surface area (Å²) in [6.07, 6.45) is 0.0359. The fraction of sp³-hybridized carbons (Fsp3) is 0.429. The maximum Gasteiger partial charge on any atom is 0.303 e. The SMILES string of the molecule is Cc1nc2ccc(C(N)C(C)(C)CC(=O)O)cc2[nH]1. The summed E-state index contributed by atoms with van der Waals surface area (Å²) in [6.45, 7) is 5.64. The number of imidazole rings is 1. The Morgan fingerprint density at radius 3 is 2.84 bits per heavy atom. The normalized spacial score (nSPS) is 13.7. The Bertz CT molecular complexity index is 616. The van der Waals surface area contributed by atoms with Crippen molar-refractivity contribution in [3.05, 3.63) is 29.6 Å². The minimum atomic E-state index is -0.834. The zero-order valence-electron chi connectivity index (χ0n) is 11.4. The molecule has 0 aliphatic carbocycles. The molecule has 102 valence electrons. The highest BCUT2D eigenvalue weighted by molar-refractivity contribution is 5.76. The third-order valence-corrected chi connectivity index (χ3v) is 3.43. The van der Waals surface area contributed by atoms with Crippen molar-refractivity contribution in [2.24, 2.45) is 11.1 Å². The minimum absolute atomic E-state index is 0.0359. The van der Waals surface area contributed by atoms with Gasteiger partial charge in [-0.05, 0) is 30.0 Å². The van der Waals surface area contributed by atoms with E-state index in [4.69, 9.17) is 10.8 Å². The monoisotopic (exact) mass is 261 g/mol. The molecular formula is C14H19N3O2. The number of fused-ring (bicyclic) bond motifs is 1. The smallest absolute Gasteiger partial charge is 0.303 e. The Morgan fingerprint density at radius 2 is 2.21 bits per heavy atom. The molecule has 19 heavy (non-hydrogen) atoms. The predicted octanol–water partition coefficient (Wildman–Crippen LogP) is 2.37. The fourth-order valence-electron chi connectivity index (χ4n) is 2.30. The second-order valence-electron chi connectivity index (χ2n) is 5.64. The summed E-state index contributed by atoms with van der Waals surface area (Å²) in [5.41, 5.74) is 8.46. The fourth-order valence-corrected chi connectivity index (χ4v) is 2.30. The van der Waals surface area contributed by atoms with Crippen molar-refractivity contribution < 1.29 is 9.90 Å². The number of nitrogens with one attached hydrogen (secondary N) is 1. The van der Waals surface area contributed by atoms with Crippen molar-refractivity contribution in [2.45, 2.75) is 33.2 Å². The lowest BCUT2D eigenvalue weighted by molar-refractivity contribution is -0.139. The second-order valence-corrected chi connectivity index (χ2v) is 5.64. The van der Waals surface area contributed by atoms with Gasteiger partial charge in [0, 0.05) is 6.04 Å². The van der Waals surface area contributed by atoms with Gasteiger partial charge >= 0.3 is 5.97 Å². The first-order chi connectivity index (χ1) is 8.79. The Morgan fingerprint density at radius 1 is 1.53 bits per heavy atom. The van der Waals surface area contributed by atoms with Crippen LogP contribution in [-0.4, -0.2) is 21.0 Å². The van der Waals surface area contributed by atoms with Crippen molar-refractivity contribution in [1.82, 2.24) is 9.97 Å². The maximum absolute atomic E-state index is 10.9. The lowest BCUT2D eigenvalue weighted by Crippen LogP contribution is -2.31. The van der Waals surface area contributed by atoms with Gasteiger partial charge in [-0.3, -0.25) is 4.79 Å². The van der Waals surface area contributed by atoms with Crippen LogP contribution in [0.1, 0.15) is 37.7 Å². The van der Waals surface area contributed by atoms with Crippen molar-refractivity contribution in [2.75, 3.05) is 0 Å². The van der Waals surface area contributed by atoms with E-state index in [0.29, 0.717) is 0 Å². The quantitative estimate of drug-likeness (QED) is 0.787. The third-order valence-electron chi connectivity index (χ3n) is 3.43. The number of aromatic nitrogens is 2. The van der Waals surface area contributed by atoms with Crippen LogP contribution in [0.25, 0.3) is 11.0 Å². The van der Waals surface area contributed by atoms with Crippen LogP contribution in [0, 0.1) is 12.3 Å². The molecule has 0 spiro atoms. The van der Waals surface area contributed by atoms with Crippen molar-refractivity contribution in [1.29, 1.82) is 0 Å². The average Bonchev–Trinajstić information content (AvgIpc) is 2.65. The van der Waals surface area contributed by atoms with Gasteiger partial charge in [-0.2, -0.15) is 0 Å². The zero-order chi connectivity index (χ0) is 14.2. The van der Waals surface area contributed by atoms with Crippen LogP contribution < -0.4 is 5.73 Å². The summed E-state index contributed by atoms with van der Waals surface area (Å²) in [5, 5.41) is 8.95. The van der Waals surface area contributed by atoms with Crippen LogP contribution in [0.2, 0.25) is 0 Å². The van der Waals surface area contributed by atoms with E-state index in [0.717, 1.165) is 22.4 Å². The van der Waals surface area contributed by atoms with Gasteiger partial charge in [0.1, 0.15) is 5.82 Å². The lowest BCUT2D eigenvalue weighted by atomic mass is 9.78. The highest BCUT2D eigenvalue weighted by Crippen LogP contribution is 2.35. The Balaban J connectivity index is 2.34. The molecular weight excluding hydrogens is 242 g/mol. The summed E-state index contributed by atoms with van der Waals surface area (Å²) in [5.74, 6) is 0.0180. The number of nitrogens with zero attached hydrogens (tertiary/aromatic N) is 1. The van der Waals surface area contributed by atoms with Crippen LogP contribution in [0.3, 0.4) is 0 Å². The number of hydrogen-bond acceptors (Lipinski definition) is 3. The molecule has 2 aromatic rings. The van der Waals surface area contributed by atoms with Crippen LogP contribution in [0.15, 0.2) is 18.2 Å². The molecule has 0 fully saturated rings. The summed E-state index contributed by atoms with van der Waals surface area (Å²) in [6, 6.07) is 5.43. The van der Waals surface area contributed by atoms with E-state index in [1.165, 1.54) is 0 Å². The van der Waals surface area contributed by atoms with Gasteiger partial charge in [0.15, 0.2) is 0 Å². The van der Waals surface area contributed by atoms with Gasteiger partial charge in [0.25, 0.3) is 0 Å². The Labute approximate surface area is 111 Å². The van der Waals surface area contributed by atoms with Gasteiger partial charge in [-0.25, -0.2) is 4.98 Å². The highest BCUT2D eigenvalue weighted by atomic mass is 16.4. The second kappa shape index (κ2) is 4.66. The molecule has 1 atom stereocenters. The maximum atomic E-state index is 10.9. The molecule has 1 aromatic carbocycles.